The fourth-order valence-corrected chi connectivity index (χ4v) is 3.03. The third-order valence-corrected chi connectivity index (χ3v) is 4.68. The molecule has 0 fully saturated rings. The Kier molecular flexibility index (Phi) is 7.90. The smallest absolute Gasteiger partial charge is 0.418 e. The molecule has 3 N–H and O–H groups in total. The highest BCUT2D eigenvalue weighted by molar-refractivity contribution is 8.00. The van der Waals surface area contributed by atoms with Crippen molar-refractivity contribution >= 4 is 52.5 Å². The standard InChI is InChI=1S/C19H14ClF3N2O4S/c20-11-1-6-15(14(9-11)19(21,22)23)25-17(27)10-30-13-4-2-12(3-5-13)24-16(26)7-8-18(28)29/h1-9H,10H2,(H,24,26)(H,25,27)(H,28,29)/b8-7+. The summed E-state index contributed by atoms with van der Waals surface area (Å²) in [5, 5.41) is 13.0. The van der Waals surface area contributed by atoms with E-state index < -0.39 is 29.5 Å². The monoisotopic (exact) mass is 458 g/mol. The first kappa shape index (κ1) is 23.3. The number of amides is 2. The Morgan fingerprint density at radius 2 is 1.70 bits per heavy atom. The molecule has 158 valence electrons. The minimum atomic E-state index is -4.67. The molecule has 2 aromatic rings. The number of carboxylic acids is 1. The van der Waals surface area contributed by atoms with Gasteiger partial charge in [0, 0.05) is 27.8 Å². The fraction of sp³-hybridized carbons (Fsp3) is 0.105. The van der Waals surface area contributed by atoms with Crippen molar-refractivity contribution in [2.24, 2.45) is 0 Å². The summed E-state index contributed by atoms with van der Waals surface area (Å²) in [5.74, 6) is -2.66. The van der Waals surface area contributed by atoms with Crippen LogP contribution in [0.2, 0.25) is 5.02 Å². The summed E-state index contributed by atoms with van der Waals surface area (Å²) in [6.45, 7) is 0. The van der Waals surface area contributed by atoms with Crippen molar-refractivity contribution < 1.29 is 32.7 Å². The Balaban J connectivity index is 1.93. The van der Waals surface area contributed by atoms with E-state index in [9.17, 15) is 27.6 Å². The molecular formula is C19H14ClF3N2O4S. The molecule has 0 aliphatic carbocycles. The predicted molar refractivity (Wildman–Crippen MR) is 108 cm³/mol. The van der Waals surface area contributed by atoms with Gasteiger partial charge in [-0.2, -0.15) is 13.2 Å². The molecule has 0 aliphatic heterocycles. The van der Waals surface area contributed by atoms with Crippen molar-refractivity contribution in [1.29, 1.82) is 0 Å². The summed E-state index contributed by atoms with van der Waals surface area (Å²) in [6.07, 6.45) is -3.11. The van der Waals surface area contributed by atoms with Crippen LogP contribution in [-0.2, 0) is 20.6 Å². The van der Waals surface area contributed by atoms with Gasteiger partial charge in [-0.15, -0.1) is 11.8 Å². The Labute approximate surface area is 178 Å². The van der Waals surface area contributed by atoms with E-state index in [4.69, 9.17) is 16.7 Å². The lowest BCUT2D eigenvalue weighted by Gasteiger charge is -2.14. The maximum atomic E-state index is 13.1. The van der Waals surface area contributed by atoms with Gasteiger partial charge in [-0.1, -0.05) is 11.6 Å². The molecule has 0 bridgehead atoms. The van der Waals surface area contributed by atoms with E-state index >= 15 is 0 Å². The van der Waals surface area contributed by atoms with Crippen molar-refractivity contribution in [3.05, 3.63) is 65.2 Å². The van der Waals surface area contributed by atoms with Crippen molar-refractivity contribution in [2.75, 3.05) is 16.4 Å². The number of nitrogens with one attached hydrogen (secondary N) is 2. The number of benzene rings is 2. The van der Waals surface area contributed by atoms with Crippen LogP contribution in [0.4, 0.5) is 24.5 Å². The molecule has 0 aliphatic rings. The first-order valence-corrected chi connectivity index (χ1v) is 9.52. The molecule has 30 heavy (non-hydrogen) atoms. The Morgan fingerprint density at radius 3 is 2.30 bits per heavy atom. The van der Waals surface area contributed by atoms with Crippen molar-refractivity contribution in [1.82, 2.24) is 0 Å². The van der Waals surface area contributed by atoms with Gasteiger partial charge in [0.05, 0.1) is 17.0 Å². The van der Waals surface area contributed by atoms with Crippen LogP contribution in [0, 0.1) is 0 Å². The molecule has 0 aromatic heterocycles. The zero-order valence-electron chi connectivity index (χ0n) is 15.0. The van der Waals surface area contributed by atoms with Crippen LogP contribution in [0.3, 0.4) is 0 Å². The Morgan fingerprint density at radius 1 is 1.03 bits per heavy atom. The second-order valence-electron chi connectivity index (χ2n) is 5.71. The molecular weight excluding hydrogens is 445 g/mol. The lowest BCUT2D eigenvalue weighted by Crippen LogP contribution is -2.18. The largest absolute Gasteiger partial charge is 0.478 e. The van der Waals surface area contributed by atoms with Gasteiger partial charge in [-0.05, 0) is 42.5 Å². The Hall–Kier alpha value is -2.98. The van der Waals surface area contributed by atoms with E-state index in [0.29, 0.717) is 16.7 Å². The van der Waals surface area contributed by atoms with Crippen LogP contribution in [0.5, 0.6) is 0 Å². The normalized spacial score (nSPS) is 11.3. The van der Waals surface area contributed by atoms with E-state index in [1.54, 1.807) is 12.1 Å². The van der Waals surface area contributed by atoms with Gasteiger partial charge in [0.2, 0.25) is 11.8 Å². The summed E-state index contributed by atoms with van der Waals surface area (Å²) >= 11 is 6.69. The molecule has 2 amide bonds. The van der Waals surface area contributed by atoms with Gasteiger partial charge in [0.15, 0.2) is 0 Å². The molecule has 2 aromatic carbocycles. The van der Waals surface area contributed by atoms with Gasteiger partial charge in [-0.25, -0.2) is 4.79 Å². The van der Waals surface area contributed by atoms with Gasteiger partial charge in [-0.3, -0.25) is 9.59 Å². The number of thioether (sulfide) groups is 1. The van der Waals surface area contributed by atoms with Gasteiger partial charge in [0.25, 0.3) is 0 Å². The number of anilines is 2. The maximum Gasteiger partial charge on any atom is 0.418 e. The molecule has 0 unspecified atom stereocenters. The molecule has 0 saturated heterocycles. The van der Waals surface area contributed by atoms with E-state index in [-0.39, 0.29) is 16.5 Å². The lowest BCUT2D eigenvalue weighted by molar-refractivity contribution is -0.137. The second kappa shape index (κ2) is 10.2. The molecule has 0 saturated carbocycles. The van der Waals surface area contributed by atoms with Gasteiger partial charge in [0.1, 0.15) is 0 Å². The number of carbonyl (C=O) groups is 3. The average molecular weight is 459 g/mol. The van der Waals surface area contributed by atoms with Crippen LogP contribution >= 0.6 is 23.4 Å². The average Bonchev–Trinajstić information content (AvgIpc) is 2.66. The number of carboxylic acid groups (broad SMARTS) is 1. The minimum Gasteiger partial charge on any atom is -0.478 e. The molecule has 2 rings (SSSR count). The highest BCUT2D eigenvalue weighted by atomic mass is 35.5. The zero-order chi connectivity index (χ0) is 22.3. The number of alkyl halides is 3. The number of rotatable bonds is 7. The number of hydrogen-bond donors (Lipinski definition) is 3. The van der Waals surface area contributed by atoms with E-state index in [2.05, 4.69) is 10.6 Å². The predicted octanol–water partition coefficient (Wildman–Crippen LogP) is 4.67. The van der Waals surface area contributed by atoms with E-state index in [1.807, 2.05) is 0 Å². The Bertz CT molecular complexity index is 979. The SMILES string of the molecule is O=C(O)/C=C/C(=O)Nc1ccc(SCC(=O)Nc2ccc(Cl)cc2C(F)(F)F)cc1. The van der Waals surface area contributed by atoms with Crippen LogP contribution in [0.1, 0.15) is 5.56 Å². The summed E-state index contributed by atoms with van der Waals surface area (Å²) < 4.78 is 39.2. The summed E-state index contributed by atoms with van der Waals surface area (Å²) in [4.78, 5) is 34.5. The second-order valence-corrected chi connectivity index (χ2v) is 7.19. The van der Waals surface area contributed by atoms with Crippen LogP contribution in [-0.4, -0.2) is 28.6 Å². The number of hydrogen-bond acceptors (Lipinski definition) is 4. The lowest BCUT2D eigenvalue weighted by atomic mass is 10.1. The summed E-state index contributed by atoms with van der Waals surface area (Å²) in [7, 11) is 0. The molecule has 6 nitrogen and oxygen atoms in total. The topological polar surface area (TPSA) is 95.5 Å². The third kappa shape index (κ3) is 7.45. The van der Waals surface area contributed by atoms with E-state index in [1.165, 1.54) is 18.2 Å². The van der Waals surface area contributed by atoms with Gasteiger partial charge >= 0.3 is 12.1 Å². The van der Waals surface area contributed by atoms with Crippen molar-refractivity contribution in [2.45, 2.75) is 11.1 Å². The molecule has 0 atom stereocenters. The molecule has 0 radical (unpaired) electrons. The quantitative estimate of drug-likeness (QED) is 0.414. The highest BCUT2D eigenvalue weighted by Gasteiger charge is 2.34. The van der Waals surface area contributed by atoms with Crippen LogP contribution in [0.15, 0.2) is 59.5 Å². The van der Waals surface area contributed by atoms with Crippen LogP contribution in [0.25, 0.3) is 0 Å². The number of halogens is 4. The number of aliphatic carboxylic acids is 1. The molecule has 0 heterocycles. The maximum absolute atomic E-state index is 13.1. The summed E-state index contributed by atoms with van der Waals surface area (Å²) in [5.41, 5.74) is -1.02. The molecule has 0 spiro atoms. The fourth-order valence-electron chi connectivity index (χ4n) is 2.16. The summed E-state index contributed by atoms with van der Waals surface area (Å²) in [6, 6.07) is 9.34. The van der Waals surface area contributed by atoms with Crippen molar-refractivity contribution in [3.63, 3.8) is 0 Å². The zero-order valence-corrected chi connectivity index (χ0v) is 16.6. The first-order chi connectivity index (χ1) is 14.0. The minimum absolute atomic E-state index is 0.0969. The highest BCUT2D eigenvalue weighted by Crippen LogP contribution is 2.36. The van der Waals surface area contributed by atoms with Crippen LogP contribution < -0.4 is 10.6 Å². The van der Waals surface area contributed by atoms with Gasteiger partial charge < -0.3 is 15.7 Å². The molecule has 11 heteroatoms. The third-order valence-electron chi connectivity index (χ3n) is 3.43. The van der Waals surface area contributed by atoms with E-state index in [0.717, 1.165) is 30.0 Å². The van der Waals surface area contributed by atoms with Crippen molar-refractivity contribution in [3.8, 4) is 0 Å². The first-order valence-electron chi connectivity index (χ1n) is 8.16. The number of carbonyl (C=O) groups excluding carboxylic acids is 2.